The number of halogens is 1. The Hall–Kier alpha value is -3.48. The number of rotatable bonds is 8. The molecule has 1 aliphatic rings. The summed E-state index contributed by atoms with van der Waals surface area (Å²) in [4.78, 5) is 33.0. The molecule has 1 aliphatic heterocycles. The van der Waals surface area contributed by atoms with Crippen molar-refractivity contribution in [3.05, 3.63) is 78.1 Å². The summed E-state index contributed by atoms with van der Waals surface area (Å²) < 4.78 is 18.8. The molecule has 0 bridgehead atoms. The summed E-state index contributed by atoms with van der Waals surface area (Å²) >= 11 is 0. The lowest BCUT2D eigenvalue weighted by Gasteiger charge is -2.35. The molecular formula is C26H28FN3O3. The van der Waals surface area contributed by atoms with Gasteiger partial charge in [0, 0.05) is 51.0 Å². The highest BCUT2D eigenvalue weighted by atomic mass is 19.1. The van der Waals surface area contributed by atoms with Crippen molar-refractivity contribution in [1.29, 1.82) is 0 Å². The van der Waals surface area contributed by atoms with Gasteiger partial charge >= 0.3 is 0 Å². The Bertz CT molecular complexity index is 1060. The van der Waals surface area contributed by atoms with Crippen LogP contribution in [0, 0.1) is 5.82 Å². The van der Waals surface area contributed by atoms with Crippen LogP contribution in [0.1, 0.15) is 30.7 Å². The lowest BCUT2D eigenvalue weighted by molar-refractivity contribution is -0.139. The number of piperazine rings is 1. The average molecular weight is 450 g/mol. The molecule has 0 radical (unpaired) electrons. The number of oxazole rings is 1. The van der Waals surface area contributed by atoms with Crippen LogP contribution in [0.3, 0.4) is 0 Å². The normalized spacial score (nSPS) is 13.8. The lowest BCUT2D eigenvalue weighted by Crippen LogP contribution is -2.50. The molecule has 4 rings (SSSR count). The van der Waals surface area contributed by atoms with E-state index in [1.54, 1.807) is 23.2 Å². The van der Waals surface area contributed by atoms with Crippen LogP contribution < -0.4 is 0 Å². The lowest BCUT2D eigenvalue weighted by atomic mass is 10.1. The van der Waals surface area contributed by atoms with E-state index in [-0.39, 0.29) is 17.6 Å². The second-order valence-electron chi connectivity index (χ2n) is 8.23. The third-order valence-corrected chi connectivity index (χ3v) is 5.92. The molecular weight excluding hydrogens is 421 g/mol. The first-order valence-corrected chi connectivity index (χ1v) is 11.4. The molecule has 1 saturated heterocycles. The molecule has 1 fully saturated rings. The van der Waals surface area contributed by atoms with Gasteiger partial charge in [-0.3, -0.25) is 9.59 Å². The third-order valence-electron chi connectivity index (χ3n) is 5.92. The minimum Gasteiger partial charge on any atom is -0.441 e. The van der Waals surface area contributed by atoms with Gasteiger partial charge in [0.15, 0.2) is 11.7 Å². The van der Waals surface area contributed by atoms with Gasteiger partial charge in [-0.2, -0.15) is 0 Å². The van der Waals surface area contributed by atoms with Crippen LogP contribution in [0.15, 0.2) is 65.2 Å². The van der Waals surface area contributed by atoms with Crippen molar-refractivity contribution >= 4 is 11.8 Å². The quantitative estimate of drug-likeness (QED) is 0.519. The Kier molecular flexibility index (Phi) is 7.50. The summed E-state index contributed by atoms with van der Waals surface area (Å²) in [6, 6.07) is 16.2. The number of carbonyl (C=O) groups is 2. The molecule has 3 aromatic rings. The second kappa shape index (κ2) is 10.9. The topological polar surface area (TPSA) is 66.7 Å². The predicted octanol–water partition coefficient (Wildman–Crippen LogP) is 4.11. The highest BCUT2D eigenvalue weighted by Crippen LogP contribution is 2.21. The molecule has 0 aliphatic carbocycles. The van der Waals surface area contributed by atoms with Crippen LogP contribution in [-0.4, -0.2) is 52.8 Å². The zero-order valence-electron chi connectivity index (χ0n) is 18.6. The first-order valence-electron chi connectivity index (χ1n) is 11.4. The first kappa shape index (κ1) is 22.7. The van der Waals surface area contributed by atoms with Gasteiger partial charge in [-0.15, -0.1) is 0 Å². The highest BCUT2D eigenvalue weighted by molar-refractivity contribution is 5.78. The van der Waals surface area contributed by atoms with Gasteiger partial charge in [-0.1, -0.05) is 30.3 Å². The Labute approximate surface area is 193 Å². The van der Waals surface area contributed by atoms with Gasteiger partial charge < -0.3 is 14.2 Å². The molecule has 0 spiro atoms. The molecule has 2 amide bonds. The minimum absolute atomic E-state index is 0.0349. The summed E-state index contributed by atoms with van der Waals surface area (Å²) in [5.74, 6) is 0.920. The fourth-order valence-electron chi connectivity index (χ4n) is 4.00. The summed E-state index contributed by atoms with van der Waals surface area (Å²) in [6.45, 7) is 2.25. The number of hydrogen-bond donors (Lipinski definition) is 0. The number of carbonyl (C=O) groups excluding carboxylic acids is 2. The minimum atomic E-state index is -0.307. The van der Waals surface area contributed by atoms with Gasteiger partial charge in [0.1, 0.15) is 5.82 Å². The SMILES string of the molecule is O=C(CCCc1ccccc1)N1CCN(C(=O)CCc2ncc(-c3ccc(F)cc3)o2)CC1. The molecule has 33 heavy (non-hydrogen) atoms. The third kappa shape index (κ3) is 6.28. The zero-order chi connectivity index (χ0) is 23.0. The van der Waals surface area contributed by atoms with Crippen molar-refractivity contribution in [1.82, 2.24) is 14.8 Å². The largest absolute Gasteiger partial charge is 0.441 e. The number of aryl methyl sites for hydroxylation is 2. The van der Waals surface area contributed by atoms with Gasteiger partial charge in [-0.25, -0.2) is 9.37 Å². The molecule has 0 N–H and O–H groups in total. The Morgan fingerprint density at radius 3 is 2.15 bits per heavy atom. The maximum atomic E-state index is 13.1. The standard InChI is InChI=1S/C26H28FN3O3/c27-22-11-9-21(10-12-22)23-19-28-24(33-23)13-14-26(32)30-17-15-29(16-18-30)25(31)8-4-7-20-5-2-1-3-6-20/h1-3,5-6,9-12,19H,4,7-8,13-18H2. The molecule has 6 nitrogen and oxygen atoms in total. The smallest absolute Gasteiger partial charge is 0.223 e. The maximum absolute atomic E-state index is 13.1. The molecule has 172 valence electrons. The van der Waals surface area contributed by atoms with Crippen LogP contribution >= 0.6 is 0 Å². The van der Waals surface area contributed by atoms with E-state index < -0.39 is 0 Å². The monoisotopic (exact) mass is 449 g/mol. The molecule has 1 aromatic heterocycles. The summed E-state index contributed by atoms with van der Waals surface area (Å²) in [7, 11) is 0. The van der Waals surface area contributed by atoms with Crippen molar-refractivity contribution in [3.8, 4) is 11.3 Å². The van der Waals surface area contributed by atoms with E-state index in [0.717, 1.165) is 18.4 Å². The van der Waals surface area contributed by atoms with Crippen LogP contribution in [0.25, 0.3) is 11.3 Å². The Balaban J connectivity index is 1.17. The van der Waals surface area contributed by atoms with E-state index in [0.29, 0.717) is 57.1 Å². The van der Waals surface area contributed by atoms with Crippen molar-refractivity contribution in [2.75, 3.05) is 26.2 Å². The van der Waals surface area contributed by atoms with Crippen molar-refractivity contribution < 1.29 is 18.4 Å². The maximum Gasteiger partial charge on any atom is 0.223 e. The van der Waals surface area contributed by atoms with E-state index in [1.807, 2.05) is 23.1 Å². The second-order valence-corrected chi connectivity index (χ2v) is 8.23. The zero-order valence-corrected chi connectivity index (χ0v) is 18.6. The number of aromatic nitrogens is 1. The van der Waals surface area contributed by atoms with E-state index in [9.17, 15) is 14.0 Å². The van der Waals surface area contributed by atoms with E-state index in [4.69, 9.17) is 4.42 Å². The Morgan fingerprint density at radius 2 is 1.48 bits per heavy atom. The van der Waals surface area contributed by atoms with Crippen LogP contribution in [0.5, 0.6) is 0 Å². The van der Waals surface area contributed by atoms with Crippen molar-refractivity contribution in [3.63, 3.8) is 0 Å². The fraction of sp³-hybridized carbons (Fsp3) is 0.346. The van der Waals surface area contributed by atoms with E-state index in [1.165, 1.54) is 17.7 Å². The number of amides is 2. The molecule has 0 unspecified atom stereocenters. The summed E-state index contributed by atoms with van der Waals surface area (Å²) in [5, 5.41) is 0. The van der Waals surface area contributed by atoms with Crippen molar-refractivity contribution in [2.45, 2.75) is 32.1 Å². The molecule has 0 saturated carbocycles. The molecule has 2 heterocycles. The molecule has 2 aromatic carbocycles. The number of benzene rings is 2. The molecule has 0 atom stereocenters. The van der Waals surface area contributed by atoms with Crippen LogP contribution in [0.4, 0.5) is 4.39 Å². The van der Waals surface area contributed by atoms with E-state index in [2.05, 4.69) is 17.1 Å². The van der Waals surface area contributed by atoms with E-state index >= 15 is 0 Å². The summed E-state index contributed by atoms with van der Waals surface area (Å²) in [5.41, 5.74) is 1.99. The fourth-order valence-corrected chi connectivity index (χ4v) is 4.00. The average Bonchev–Trinajstić information content (AvgIpc) is 3.33. The van der Waals surface area contributed by atoms with Crippen molar-refractivity contribution in [2.24, 2.45) is 0 Å². The van der Waals surface area contributed by atoms with Gasteiger partial charge in [-0.05, 0) is 42.7 Å². The molecule has 7 heteroatoms. The highest BCUT2D eigenvalue weighted by Gasteiger charge is 2.24. The van der Waals surface area contributed by atoms with Crippen LogP contribution in [0.2, 0.25) is 0 Å². The van der Waals surface area contributed by atoms with Gasteiger partial charge in [0.2, 0.25) is 11.8 Å². The van der Waals surface area contributed by atoms with Crippen LogP contribution in [-0.2, 0) is 22.4 Å². The number of hydrogen-bond acceptors (Lipinski definition) is 4. The predicted molar refractivity (Wildman–Crippen MR) is 123 cm³/mol. The van der Waals surface area contributed by atoms with Gasteiger partial charge in [0.25, 0.3) is 0 Å². The summed E-state index contributed by atoms with van der Waals surface area (Å²) in [6.07, 6.45) is 4.55. The van der Waals surface area contributed by atoms with Gasteiger partial charge in [0.05, 0.1) is 6.20 Å². The first-order chi connectivity index (χ1) is 16.1. The Morgan fingerprint density at radius 1 is 0.848 bits per heavy atom. The number of nitrogens with zero attached hydrogens (tertiary/aromatic N) is 3.